The lowest BCUT2D eigenvalue weighted by Crippen LogP contribution is -2.44. The van der Waals surface area contributed by atoms with Gasteiger partial charge in [-0.25, -0.2) is 8.42 Å². The van der Waals surface area contributed by atoms with Gasteiger partial charge in [-0.05, 0) is 32.6 Å². The summed E-state index contributed by atoms with van der Waals surface area (Å²) >= 11 is 0. The van der Waals surface area contributed by atoms with Gasteiger partial charge in [-0.3, -0.25) is 0 Å². The molecule has 1 aliphatic rings. The van der Waals surface area contributed by atoms with Gasteiger partial charge in [-0.1, -0.05) is 6.92 Å². The first kappa shape index (κ1) is 18.7. The zero-order chi connectivity index (χ0) is 16.1. The van der Waals surface area contributed by atoms with E-state index in [0.717, 1.165) is 12.8 Å². The average molecular weight is 331 g/mol. The zero-order valence-corrected chi connectivity index (χ0v) is 13.3. The van der Waals surface area contributed by atoms with E-state index in [1.807, 2.05) is 0 Å². The molecule has 8 heteroatoms. The Morgan fingerprint density at radius 2 is 2.00 bits per heavy atom. The maximum atomic E-state index is 12.1. The Morgan fingerprint density at radius 3 is 2.57 bits per heavy atom. The van der Waals surface area contributed by atoms with Crippen molar-refractivity contribution < 1.29 is 26.3 Å². The molecule has 0 saturated heterocycles. The number of ether oxygens (including phenoxy) is 1. The smallest absolute Gasteiger partial charge is 0.369 e. The number of sulfone groups is 1. The maximum absolute atomic E-state index is 12.1. The molecule has 0 bridgehead atoms. The lowest BCUT2D eigenvalue weighted by molar-refractivity contribution is -0.188. The summed E-state index contributed by atoms with van der Waals surface area (Å²) in [5.74, 6) is 0.148. The molecule has 1 saturated carbocycles. The summed E-state index contributed by atoms with van der Waals surface area (Å²) in [5.41, 5.74) is 0. The van der Waals surface area contributed by atoms with Crippen molar-refractivity contribution in [3.05, 3.63) is 0 Å². The quantitative estimate of drug-likeness (QED) is 0.778. The number of rotatable bonds is 7. The van der Waals surface area contributed by atoms with Crippen LogP contribution in [-0.4, -0.2) is 50.9 Å². The third-order valence-electron chi connectivity index (χ3n) is 3.57. The van der Waals surface area contributed by atoms with E-state index in [0.29, 0.717) is 12.8 Å². The second-order valence-corrected chi connectivity index (χ2v) is 8.08. The zero-order valence-electron chi connectivity index (χ0n) is 12.4. The second kappa shape index (κ2) is 7.78. The van der Waals surface area contributed by atoms with Crippen LogP contribution in [0.4, 0.5) is 13.2 Å². The highest BCUT2D eigenvalue weighted by atomic mass is 32.2. The van der Waals surface area contributed by atoms with Gasteiger partial charge < -0.3 is 10.1 Å². The Kier molecular flexibility index (Phi) is 6.93. The van der Waals surface area contributed by atoms with E-state index in [9.17, 15) is 21.6 Å². The van der Waals surface area contributed by atoms with Gasteiger partial charge >= 0.3 is 6.18 Å². The summed E-state index contributed by atoms with van der Waals surface area (Å²) in [6, 6.07) is -0.194. The lowest BCUT2D eigenvalue weighted by Gasteiger charge is -2.32. The minimum Gasteiger partial charge on any atom is -0.369 e. The molecule has 0 heterocycles. The number of nitrogens with one attached hydrogen (secondary N) is 1. The lowest BCUT2D eigenvalue weighted by atomic mass is 9.92. The molecular formula is C13H24F3NO3S. The Bertz CT molecular complexity index is 411. The topological polar surface area (TPSA) is 55.4 Å². The summed E-state index contributed by atoms with van der Waals surface area (Å²) in [6.07, 6.45) is -1.98. The van der Waals surface area contributed by atoms with E-state index < -0.39 is 28.7 Å². The molecule has 3 atom stereocenters. The van der Waals surface area contributed by atoms with Crippen molar-refractivity contribution in [2.24, 2.45) is 0 Å². The molecule has 0 aliphatic heterocycles. The molecule has 0 amide bonds. The van der Waals surface area contributed by atoms with Crippen LogP contribution in [0.25, 0.3) is 0 Å². The monoisotopic (exact) mass is 331 g/mol. The van der Waals surface area contributed by atoms with Gasteiger partial charge in [0, 0.05) is 17.8 Å². The van der Waals surface area contributed by atoms with Crippen molar-refractivity contribution in [3.63, 3.8) is 0 Å². The summed E-state index contributed by atoms with van der Waals surface area (Å²) in [4.78, 5) is 0. The van der Waals surface area contributed by atoms with Gasteiger partial charge in [0.15, 0.2) is 9.84 Å². The molecule has 4 nitrogen and oxygen atoms in total. The minimum atomic E-state index is -4.30. The Hall–Kier alpha value is -0.340. The highest BCUT2D eigenvalue weighted by Crippen LogP contribution is 2.24. The molecule has 21 heavy (non-hydrogen) atoms. The van der Waals surface area contributed by atoms with Gasteiger partial charge in [0.1, 0.15) is 6.61 Å². The molecule has 3 unspecified atom stereocenters. The van der Waals surface area contributed by atoms with Crippen LogP contribution in [0.15, 0.2) is 0 Å². The van der Waals surface area contributed by atoms with Gasteiger partial charge in [0.2, 0.25) is 0 Å². The normalized spacial score (nSPS) is 25.8. The van der Waals surface area contributed by atoms with Crippen LogP contribution in [-0.2, 0) is 14.6 Å². The van der Waals surface area contributed by atoms with Crippen molar-refractivity contribution in [1.29, 1.82) is 0 Å². The summed E-state index contributed by atoms with van der Waals surface area (Å²) in [6.45, 7) is 2.17. The predicted octanol–water partition coefficient (Wildman–Crippen LogP) is 2.29. The molecule has 1 fully saturated rings. The van der Waals surface area contributed by atoms with Gasteiger partial charge in [0.25, 0.3) is 0 Å². The molecule has 0 aromatic heterocycles. The number of halogens is 3. The molecule has 1 aliphatic carbocycles. The third-order valence-corrected chi connectivity index (χ3v) is 5.46. The Morgan fingerprint density at radius 1 is 1.33 bits per heavy atom. The predicted molar refractivity (Wildman–Crippen MR) is 75.0 cm³/mol. The first-order chi connectivity index (χ1) is 9.61. The van der Waals surface area contributed by atoms with Crippen LogP contribution in [0, 0.1) is 0 Å². The fourth-order valence-electron chi connectivity index (χ4n) is 2.61. The van der Waals surface area contributed by atoms with E-state index in [2.05, 4.69) is 5.32 Å². The molecule has 0 aromatic rings. The third kappa shape index (κ3) is 8.01. The standard InChI is InChI=1S/C13H24F3NO3S/c1-3-21(18,19)8-10(2)17-11-5-4-6-12(7-11)20-9-13(14,15)16/h10-12,17H,3-9H2,1-2H3. The van der Waals surface area contributed by atoms with Crippen molar-refractivity contribution in [2.45, 2.75) is 63.9 Å². The average Bonchev–Trinajstić information content (AvgIpc) is 2.35. The fraction of sp³-hybridized carbons (Fsp3) is 1.00. The van der Waals surface area contributed by atoms with Crippen molar-refractivity contribution in [3.8, 4) is 0 Å². The largest absolute Gasteiger partial charge is 0.411 e. The van der Waals surface area contributed by atoms with Crippen molar-refractivity contribution in [2.75, 3.05) is 18.1 Å². The molecule has 126 valence electrons. The van der Waals surface area contributed by atoms with Crippen molar-refractivity contribution in [1.82, 2.24) is 5.32 Å². The first-order valence-corrected chi connectivity index (χ1v) is 9.08. The molecule has 1 N–H and O–H groups in total. The number of alkyl halides is 3. The van der Waals surface area contributed by atoms with Gasteiger partial charge in [-0.2, -0.15) is 13.2 Å². The highest BCUT2D eigenvalue weighted by molar-refractivity contribution is 7.91. The van der Waals surface area contributed by atoms with E-state index in [1.165, 1.54) is 0 Å². The van der Waals surface area contributed by atoms with Crippen LogP contribution in [0.2, 0.25) is 0 Å². The van der Waals surface area contributed by atoms with E-state index in [4.69, 9.17) is 4.74 Å². The number of hydrogen-bond donors (Lipinski definition) is 1. The summed E-state index contributed by atoms with van der Waals surface area (Å²) in [5, 5.41) is 3.20. The molecular weight excluding hydrogens is 307 g/mol. The molecule has 0 radical (unpaired) electrons. The summed E-state index contributed by atoms with van der Waals surface area (Å²) < 4.78 is 64.4. The van der Waals surface area contributed by atoms with E-state index >= 15 is 0 Å². The van der Waals surface area contributed by atoms with Gasteiger partial charge in [-0.15, -0.1) is 0 Å². The Balaban J connectivity index is 2.39. The van der Waals surface area contributed by atoms with Crippen LogP contribution < -0.4 is 5.32 Å². The second-order valence-electron chi connectivity index (χ2n) is 5.68. The number of hydrogen-bond acceptors (Lipinski definition) is 4. The fourth-order valence-corrected chi connectivity index (χ4v) is 3.70. The van der Waals surface area contributed by atoms with Crippen LogP contribution in [0.3, 0.4) is 0 Å². The van der Waals surface area contributed by atoms with Crippen LogP contribution in [0.1, 0.15) is 39.5 Å². The van der Waals surface area contributed by atoms with Crippen molar-refractivity contribution >= 4 is 9.84 Å². The SMILES string of the molecule is CCS(=O)(=O)CC(C)NC1CCCC(OCC(F)(F)F)C1. The van der Waals surface area contributed by atoms with E-state index in [-0.39, 0.29) is 23.6 Å². The van der Waals surface area contributed by atoms with Crippen LogP contribution >= 0.6 is 0 Å². The first-order valence-electron chi connectivity index (χ1n) is 7.26. The van der Waals surface area contributed by atoms with E-state index in [1.54, 1.807) is 13.8 Å². The summed E-state index contributed by atoms with van der Waals surface area (Å²) in [7, 11) is -3.06. The molecule has 1 rings (SSSR count). The molecule has 0 spiro atoms. The van der Waals surface area contributed by atoms with Crippen LogP contribution in [0.5, 0.6) is 0 Å². The molecule has 0 aromatic carbocycles. The Labute approximate surface area is 124 Å². The maximum Gasteiger partial charge on any atom is 0.411 e. The van der Waals surface area contributed by atoms with Gasteiger partial charge in [0.05, 0.1) is 11.9 Å². The highest BCUT2D eigenvalue weighted by Gasteiger charge is 2.31. The minimum absolute atomic E-state index is 0.0130.